The number of nitrogens with one attached hydrogen (secondary N) is 1. The fraction of sp³-hybridized carbons (Fsp3) is 0.250. The van der Waals surface area contributed by atoms with E-state index in [1.54, 1.807) is 6.07 Å². The van der Waals surface area contributed by atoms with Crippen LogP contribution < -0.4 is 5.32 Å². The molecule has 0 aliphatic carbocycles. The van der Waals surface area contributed by atoms with Crippen LogP contribution in [0.5, 0.6) is 0 Å². The van der Waals surface area contributed by atoms with Crippen LogP contribution >= 0.6 is 15.9 Å². The predicted molar refractivity (Wildman–Crippen MR) is 51.0 cm³/mol. The lowest BCUT2D eigenvalue weighted by Gasteiger charge is -2.07. The SMILES string of the molecule is C[C@@H](NC(=O)c1occc1Br)C(=O)O. The third kappa shape index (κ3) is 2.35. The summed E-state index contributed by atoms with van der Waals surface area (Å²) in [5.74, 6) is -1.59. The van der Waals surface area contributed by atoms with E-state index in [4.69, 9.17) is 9.52 Å². The summed E-state index contributed by atoms with van der Waals surface area (Å²) in [6, 6.07) is 0.611. The van der Waals surface area contributed by atoms with Crippen LogP contribution in [0.1, 0.15) is 17.5 Å². The number of furan rings is 1. The molecule has 1 atom stereocenters. The van der Waals surface area contributed by atoms with Crippen molar-refractivity contribution in [1.29, 1.82) is 0 Å². The number of halogens is 1. The molecule has 0 saturated carbocycles. The van der Waals surface area contributed by atoms with Crippen LogP contribution in [-0.4, -0.2) is 23.0 Å². The van der Waals surface area contributed by atoms with Gasteiger partial charge >= 0.3 is 5.97 Å². The second-order valence-electron chi connectivity index (χ2n) is 2.63. The second kappa shape index (κ2) is 4.28. The van der Waals surface area contributed by atoms with Crippen LogP contribution in [0.4, 0.5) is 0 Å². The first-order chi connectivity index (χ1) is 6.52. The van der Waals surface area contributed by atoms with E-state index >= 15 is 0 Å². The van der Waals surface area contributed by atoms with Crippen LogP contribution in [0, 0.1) is 0 Å². The van der Waals surface area contributed by atoms with E-state index in [2.05, 4.69) is 21.2 Å². The number of carboxylic acids is 1. The highest BCUT2D eigenvalue weighted by atomic mass is 79.9. The Bertz CT molecular complexity index is 360. The minimum Gasteiger partial charge on any atom is -0.480 e. The third-order valence-corrected chi connectivity index (χ3v) is 2.17. The lowest BCUT2D eigenvalue weighted by atomic mass is 10.3. The minimum absolute atomic E-state index is 0.0677. The molecule has 6 heteroatoms. The van der Waals surface area contributed by atoms with Crippen LogP contribution in [0.25, 0.3) is 0 Å². The van der Waals surface area contributed by atoms with Gasteiger partial charge in [-0.1, -0.05) is 0 Å². The molecule has 0 bridgehead atoms. The molecule has 2 N–H and O–H groups in total. The van der Waals surface area contributed by atoms with Crippen LogP contribution in [0.2, 0.25) is 0 Å². The van der Waals surface area contributed by atoms with Crippen LogP contribution in [-0.2, 0) is 4.79 Å². The van der Waals surface area contributed by atoms with Gasteiger partial charge in [-0.2, -0.15) is 0 Å². The van der Waals surface area contributed by atoms with Crippen molar-refractivity contribution >= 4 is 27.8 Å². The normalized spacial score (nSPS) is 12.1. The maximum absolute atomic E-state index is 11.3. The van der Waals surface area contributed by atoms with E-state index in [0.29, 0.717) is 4.47 Å². The highest BCUT2D eigenvalue weighted by molar-refractivity contribution is 9.10. The predicted octanol–water partition coefficient (Wildman–Crippen LogP) is 1.25. The van der Waals surface area contributed by atoms with E-state index in [9.17, 15) is 9.59 Å². The Hall–Kier alpha value is -1.30. The Kier molecular flexibility index (Phi) is 3.29. The van der Waals surface area contributed by atoms with Crippen molar-refractivity contribution in [3.8, 4) is 0 Å². The van der Waals surface area contributed by atoms with Crippen LogP contribution in [0.15, 0.2) is 21.2 Å². The number of carbonyl (C=O) groups is 2. The molecule has 0 aromatic carbocycles. The largest absolute Gasteiger partial charge is 0.480 e. The average molecular weight is 262 g/mol. The molecule has 0 radical (unpaired) electrons. The summed E-state index contributed by atoms with van der Waals surface area (Å²) in [6.45, 7) is 1.37. The molecule has 0 saturated heterocycles. The molecule has 0 fully saturated rings. The summed E-state index contributed by atoms with van der Waals surface area (Å²) >= 11 is 3.09. The number of hydrogen-bond donors (Lipinski definition) is 2. The topological polar surface area (TPSA) is 79.5 Å². The minimum atomic E-state index is -1.10. The zero-order valence-corrected chi connectivity index (χ0v) is 8.87. The molecule has 1 rings (SSSR count). The second-order valence-corrected chi connectivity index (χ2v) is 3.49. The molecule has 1 amide bonds. The molecule has 1 aromatic rings. The van der Waals surface area contributed by atoms with Gasteiger partial charge in [-0.3, -0.25) is 9.59 Å². The van der Waals surface area contributed by atoms with Crippen molar-refractivity contribution in [2.45, 2.75) is 13.0 Å². The van der Waals surface area contributed by atoms with Gasteiger partial charge in [-0.15, -0.1) is 0 Å². The summed E-state index contributed by atoms with van der Waals surface area (Å²) in [4.78, 5) is 21.8. The highest BCUT2D eigenvalue weighted by Gasteiger charge is 2.19. The number of hydrogen-bond acceptors (Lipinski definition) is 3. The molecular weight excluding hydrogens is 254 g/mol. The van der Waals surface area contributed by atoms with Crippen molar-refractivity contribution in [2.75, 3.05) is 0 Å². The summed E-state index contributed by atoms with van der Waals surface area (Å²) in [6.07, 6.45) is 1.34. The van der Waals surface area contributed by atoms with Gasteiger partial charge in [0.05, 0.1) is 10.7 Å². The number of carboxylic acid groups (broad SMARTS) is 1. The Morgan fingerprint density at radius 2 is 2.29 bits per heavy atom. The molecule has 76 valence electrons. The molecule has 0 unspecified atom stereocenters. The lowest BCUT2D eigenvalue weighted by molar-refractivity contribution is -0.138. The molecular formula is C8H8BrNO4. The first kappa shape index (κ1) is 10.8. The number of carbonyl (C=O) groups excluding carboxylic acids is 1. The lowest BCUT2D eigenvalue weighted by Crippen LogP contribution is -2.38. The number of rotatable bonds is 3. The maximum Gasteiger partial charge on any atom is 0.325 e. The van der Waals surface area contributed by atoms with Gasteiger partial charge in [-0.25, -0.2) is 0 Å². The first-order valence-electron chi connectivity index (χ1n) is 3.79. The quantitative estimate of drug-likeness (QED) is 0.858. The molecule has 0 spiro atoms. The number of amides is 1. The Morgan fingerprint density at radius 3 is 2.71 bits per heavy atom. The first-order valence-corrected chi connectivity index (χ1v) is 4.58. The van der Waals surface area contributed by atoms with Gasteiger partial charge in [-0.05, 0) is 28.9 Å². The van der Waals surface area contributed by atoms with Crippen molar-refractivity contribution < 1.29 is 19.1 Å². The fourth-order valence-corrected chi connectivity index (χ4v) is 1.16. The van der Waals surface area contributed by atoms with E-state index in [1.165, 1.54) is 13.2 Å². The van der Waals surface area contributed by atoms with Crippen molar-refractivity contribution in [2.24, 2.45) is 0 Å². The van der Waals surface area contributed by atoms with Gasteiger partial charge in [0.2, 0.25) is 5.76 Å². The third-order valence-electron chi connectivity index (χ3n) is 1.54. The summed E-state index contributed by atoms with van der Waals surface area (Å²) in [7, 11) is 0. The molecule has 1 heterocycles. The zero-order valence-electron chi connectivity index (χ0n) is 7.28. The van der Waals surface area contributed by atoms with Crippen molar-refractivity contribution in [1.82, 2.24) is 5.32 Å². The Balaban J connectivity index is 2.69. The Labute approximate surface area is 88.2 Å². The average Bonchev–Trinajstić information content (AvgIpc) is 2.51. The molecule has 0 aliphatic rings. The molecule has 14 heavy (non-hydrogen) atoms. The van der Waals surface area contributed by atoms with Crippen molar-refractivity contribution in [3.63, 3.8) is 0 Å². The highest BCUT2D eigenvalue weighted by Crippen LogP contribution is 2.17. The van der Waals surface area contributed by atoms with Gasteiger partial charge in [0.25, 0.3) is 5.91 Å². The summed E-state index contributed by atoms with van der Waals surface area (Å²) < 4.78 is 5.35. The van der Waals surface area contributed by atoms with Gasteiger partial charge in [0.15, 0.2) is 0 Å². The Morgan fingerprint density at radius 1 is 1.64 bits per heavy atom. The van der Waals surface area contributed by atoms with Gasteiger partial charge < -0.3 is 14.8 Å². The molecule has 0 aliphatic heterocycles. The summed E-state index contributed by atoms with van der Waals surface area (Å²) in [5, 5.41) is 10.8. The molecule has 5 nitrogen and oxygen atoms in total. The van der Waals surface area contributed by atoms with E-state index in [-0.39, 0.29) is 5.76 Å². The standard InChI is InChI=1S/C8H8BrNO4/c1-4(8(12)13)10-7(11)6-5(9)2-3-14-6/h2-4H,1H3,(H,10,11)(H,12,13)/t4-/m1/s1. The zero-order chi connectivity index (χ0) is 10.7. The smallest absolute Gasteiger partial charge is 0.325 e. The van der Waals surface area contributed by atoms with Gasteiger partial charge in [0.1, 0.15) is 6.04 Å². The van der Waals surface area contributed by atoms with Gasteiger partial charge in [0, 0.05) is 0 Å². The monoisotopic (exact) mass is 261 g/mol. The number of aliphatic carboxylic acids is 1. The summed E-state index contributed by atoms with van der Waals surface area (Å²) in [5.41, 5.74) is 0. The van der Waals surface area contributed by atoms with E-state index in [1.807, 2.05) is 0 Å². The van der Waals surface area contributed by atoms with Crippen molar-refractivity contribution in [3.05, 3.63) is 22.6 Å². The molecule has 1 aromatic heterocycles. The maximum atomic E-state index is 11.3. The van der Waals surface area contributed by atoms with E-state index < -0.39 is 17.9 Å². The fourth-order valence-electron chi connectivity index (χ4n) is 0.780. The van der Waals surface area contributed by atoms with E-state index in [0.717, 1.165) is 0 Å². The van der Waals surface area contributed by atoms with Crippen LogP contribution in [0.3, 0.4) is 0 Å².